The highest BCUT2D eigenvalue weighted by atomic mass is 19.4. The van der Waals surface area contributed by atoms with Crippen molar-refractivity contribution < 1.29 is 13.2 Å². The van der Waals surface area contributed by atoms with E-state index in [2.05, 4.69) is 0 Å². The van der Waals surface area contributed by atoms with Crippen LogP contribution in [-0.4, -0.2) is 6.18 Å². The van der Waals surface area contributed by atoms with E-state index in [0.29, 0.717) is 18.8 Å². The Morgan fingerprint density at radius 1 is 1.33 bits per heavy atom. The summed E-state index contributed by atoms with van der Waals surface area (Å²) >= 11 is 0. The van der Waals surface area contributed by atoms with Crippen LogP contribution in [-0.2, 0) is 0 Å². The third-order valence-corrected chi connectivity index (χ3v) is 2.64. The van der Waals surface area contributed by atoms with Gasteiger partial charge in [0.1, 0.15) is 0 Å². The van der Waals surface area contributed by atoms with E-state index >= 15 is 0 Å². The first kappa shape index (κ1) is 12.3. The first-order chi connectivity index (χ1) is 6.80. The first-order valence-corrected chi connectivity index (χ1v) is 5.25. The van der Waals surface area contributed by atoms with Crippen molar-refractivity contribution in [2.75, 3.05) is 0 Å². The number of hydrogen-bond donors (Lipinski definition) is 0. The summed E-state index contributed by atoms with van der Waals surface area (Å²) in [4.78, 5) is 0. The van der Waals surface area contributed by atoms with Crippen molar-refractivity contribution in [3.05, 3.63) is 23.3 Å². The van der Waals surface area contributed by atoms with Crippen LogP contribution in [0.3, 0.4) is 0 Å². The quantitative estimate of drug-likeness (QED) is 0.640. The highest BCUT2D eigenvalue weighted by Crippen LogP contribution is 2.39. The molecule has 1 unspecified atom stereocenters. The second-order valence-electron chi connectivity index (χ2n) is 4.66. The Morgan fingerprint density at radius 3 is 2.40 bits per heavy atom. The average Bonchev–Trinajstić information content (AvgIpc) is 1.99. The van der Waals surface area contributed by atoms with Gasteiger partial charge in [0.15, 0.2) is 0 Å². The Bertz CT molecular complexity index is 282. The van der Waals surface area contributed by atoms with E-state index in [9.17, 15) is 13.2 Å². The molecule has 0 bridgehead atoms. The zero-order chi connectivity index (χ0) is 11.6. The van der Waals surface area contributed by atoms with Gasteiger partial charge in [-0.15, -0.1) is 0 Å². The van der Waals surface area contributed by atoms with Gasteiger partial charge >= 0.3 is 6.18 Å². The Kier molecular flexibility index (Phi) is 3.63. The molecule has 0 heterocycles. The van der Waals surface area contributed by atoms with Gasteiger partial charge in [-0.05, 0) is 31.6 Å². The minimum atomic E-state index is -4.17. The topological polar surface area (TPSA) is 0 Å². The molecule has 1 aliphatic carbocycles. The van der Waals surface area contributed by atoms with Crippen molar-refractivity contribution >= 4 is 0 Å². The lowest BCUT2D eigenvalue weighted by atomic mass is 9.82. The minimum absolute atomic E-state index is 0.298. The van der Waals surface area contributed by atoms with Crippen LogP contribution in [0.2, 0.25) is 0 Å². The Morgan fingerprint density at radius 2 is 1.93 bits per heavy atom. The van der Waals surface area contributed by atoms with Crippen LogP contribution in [0.5, 0.6) is 0 Å². The van der Waals surface area contributed by atoms with Crippen LogP contribution < -0.4 is 0 Å². The fourth-order valence-electron chi connectivity index (χ4n) is 2.04. The number of rotatable bonds is 2. The van der Waals surface area contributed by atoms with Crippen LogP contribution in [0.25, 0.3) is 0 Å². The third kappa shape index (κ3) is 3.40. The number of allylic oxidation sites excluding steroid dienone is 4. The standard InChI is InChI=1S/C12H17F3/c1-8(2)6-10-7-9(3)4-5-11(10)12(13,14)15/h4-5,8,10H,6-7H2,1-3H3. The molecule has 1 rings (SSSR count). The highest BCUT2D eigenvalue weighted by Gasteiger charge is 2.39. The Labute approximate surface area is 88.9 Å². The van der Waals surface area contributed by atoms with Gasteiger partial charge in [-0.3, -0.25) is 0 Å². The molecule has 15 heavy (non-hydrogen) atoms. The molecule has 1 atom stereocenters. The Balaban J connectivity index is 2.87. The molecule has 0 N–H and O–H groups in total. The molecule has 0 aromatic carbocycles. The summed E-state index contributed by atoms with van der Waals surface area (Å²) in [5.74, 6) is -0.0540. The molecule has 86 valence electrons. The molecule has 0 aromatic heterocycles. The van der Waals surface area contributed by atoms with Crippen LogP contribution in [0.4, 0.5) is 13.2 Å². The van der Waals surface area contributed by atoms with Gasteiger partial charge in [-0.2, -0.15) is 13.2 Å². The van der Waals surface area contributed by atoms with Gasteiger partial charge in [0.25, 0.3) is 0 Å². The van der Waals surface area contributed by atoms with Gasteiger partial charge in [-0.1, -0.05) is 31.6 Å². The second kappa shape index (κ2) is 4.42. The van der Waals surface area contributed by atoms with Crippen LogP contribution in [0.1, 0.15) is 33.6 Å². The van der Waals surface area contributed by atoms with E-state index in [-0.39, 0.29) is 11.5 Å². The van der Waals surface area contributed by atoms with E-state index in [4.69, 9.17) is 0 Å². The smallest absolute Gasteiger partial charge is 0.166 e. The number of halogens is 3. The summed E-state index contributed by atoms with van der Waals surface area (Å²) in [7, 11) is 0. The summed E-state index contributed by atoms with van der Waals surface area (Å²) in [6, 6.07) is 0. The zero-order valence-corrected chi connectivity index (χ0v) is 9.36. The molecule has 0 saturated heterocycles. The largest absolute Gasteiger partial charge is 0.412 e. The summed E-state index contributed by atoms with van der Waals surface area (Å²) in [5.41, 5.74) is 0.676. The van der Waals surface area contributed by atoms with Crippen molar-refractivity contribution in [3.8, 4) is 0 Å². The van der Waals surface area contributed by atoms with Crippen molar-refractivity contribution in [1.82, 2.24) is 0 Å². The first-order valence-electron chi connectivity index (χ1n) is 5.25. The van der Waals surface area contributed by atoms with E-state index in [1.807, 2.05) is 20.8 Å². The molecular formula is C12H17F3. The van der Waals surface area contributed by atoms with Crippen LogP contribution in [0, 0.1) is 11.8 Å². The summed E-state index contributed by atoms with van der Waals surface area (Å²) in [6.07, 6.45) is -0.192. The number of hydrogen-bond acceptors (Lipinski definition) is 0. The maximum absolute atomic E-state index is 12.7. The lowest BCUT2D eigenvalue weighted by molar-refractivity contribution is -0.1000. The molecule has 3 heteroatoms. The van der Waals surface area contributed by atoms with E-state index in [0.717, 1.165) is 5.57 Å². The molecule has 0 saturated carbocycles. The molecule has 0 aliphatic heterocycles. The van der Waals surface area contributed by atoms with Gasteiger partial charge in [0.05, 0.1) is 0 Å². The fraction of sp³-hybridized carbons (Fsp3) is 0.667. The summed E-state index contributed by atoms with van der Waals surface area (Å²) in [6.45, 7) is 5.81. The van der Waals surface area contributed by atoms with E-state index in [1.54, 1.807) is 6.08 Å². The summed E-state index contributed by atoms with van der Waals surface area (Å²) in [5, 5.41) is 0. The van der Waals surface area contributed by atoms with Crippen molar-refractivity contribution in [2.24, 2.45) is 11.8 Å². The van der Waals surface area contributed by atoms with Gasteiger partial charge < -0.3 is 0 Å². The maximum atomic E-state index is 12.7. The normalized spacial score (nSPS) is 22.7. The predicted molar refractivity (Wildman–Crippen MR) is 55.5 cm³/mol. The van der Waals surface area contributed by atoms with Gasteiger partial charge in [0, 0.05) is 5.57 Å². The highest BCUT2D eigenvalue weighted by molar-refractivity contribution is 5.28. The lowest BCUT2D eigenvalue weighted by Crippen LogP contribution is -2.23. The second-order valence-corrected chi connectivity index (χ2v) is 4.66. The molecular weight excluding hydrogens is 201 g/mol. The molecule has 1 aliphatic rings. The van der Waals surface area contributed by atoms with Gasteiger partial charge in [0.2, 0.25) is 0 Å². The lowest BCUT2D eigenvalue weighted by Gasteiger charge is -2.26. The van der Waals surface area contributed by atoms with Crippen molar-refractivity contribution in [1.29, 1.82) is 0 Å². The Hall–Kier alpha value is -0.730. The average molecular weight is 218 g/mol. The molecule has 0 nitrogen and oxygen atoms in total. The third-order valence-electron chi connectivity index (χ3n) is 2.64. The molecule has 0 amide bonds. The van der Waals surface area contributed by atoms with Crippen molar-refractivity contribution in [3.63, 3.8) is 0 Å². The molecule has 0 aromatic rings. The molecule has 0 fully saturated rings. The van der Waals surface area contributed by atoms with Gasteiger partial charge in [-0.25, -0.2) is 0 Å². The number of alkyl halides is 3. The maximum Gasteiger partial charge on any atom is 0.412 e. The van der Waals surface area contributed by atoms with E-state index < -0.39 is 6.18 Å². The zero-order valence-electron chi connectivity index (χ0n) is 9.36. The fourth-order valence-corrected chi connectivity index (χ4v) is 2.04. The summed E-state index contributed by atoms with van der Waals surface area (Å²) < 4.78 is 38.0. The van der Waals surface area contributed by atoms with Crippen molar-refractivity contribution in [2.45, 2.75) is 39.8 Å². The van der Waals surface area contributed by atoms with E-state index in [1.165, 1.54) is 6.08 Å². The SMILES string of the molecule is CC1=CC=C(C(F)(F)F)C(CC(C)C)C1. The monoisotopic (exact) mass is 218 g/mol. The van der Waals surface area contributed by atoms with Crippen LogP contribution in [0.15, 0.2) is 23.3 Å². The van der Waals surface area contributed by atoms with Crippen LogP contribution >= 0.6 is 0 Å². The minimum Gasteiger partial charge on any atom is -0.166 e. The molecule has 0 spiro atoms. The molecule has 0 radical (unpaired) electrons. The predicted octanol–water partition coefficient (Wildman–Crippen LogP) is 4.49.